The molecule has 1 fully saturated rings. The maximum atomic E-state index is 11.7. The number of nitrogens with one attached hydrogen (secondary N) is 1. The highest BCUT2D eigenvalue weighted by Gasteiger charge is 2.51. The predicted octanol–water partition coefficient (Wildman–Crippen LogP) is 1.98. The molecular weight excluding hydrogens is 267 g/mol. The summed E-state index contributed by atoms with van der Waals surface area (Å²) in [5, 5.41) is 2.79. The highest BCUT2D eigenvalue weighted by atomic mass is 16.7. The Morgan fingerprint density at radius 2 is 1.81 bits per heavy atom. The number of amides is 1. The average molecular weight is 290 g/mol. The zero-order valence-corrected chi connectivity index (χ0v) is 13.6. The van der Waals surface area contributed by atoms with E-state index in [9.17, 15) is 4.79 Å². The zero-order valence-electron chi connectivity index (χ0n) is 13.6. The second-order valence-electron chi connectivity index (χ2n) is 6.71. The van der Waals surface area contributed by atoms with Crippen LogP contribution in [0.25, 0.3) is 0 Å². The zero-order chi connectivity index (χ0) is 15.8. The summed E-state index contributed by atoms with van der Waals surface area (Å²) in [6.07, 6.45) is 1.65. The minimum absolute atomic E-state index is 0.0615. The molecule has 5 nitrogen and oxygen atoms in total. The smallest absolute Gasteiger partial charge is 0.399 e. The first-order valence-corrected chi connectivity index (χ1v) is 7.25. The van der Waals surface area contributed by atoms with Crippen molar-refractivity contribution in [2.24, 2.45) is 5.92 Å². The lowest BCUT2D eigenvalue weighted by Crippen LogP contribution is -2.41. The summed E-state index contributed by atoms with van der Waals surface area (Å²) in [4.78, 5) is 15.9. The van der Waals surface area contributed by atoms with Crippen LogP contribution in [0.4, 0.5) is 5.82 Å². The van der Waals surface area contributed by atoms with E-state index in [-0.39, 0.29) is 23.0 Å². The van der Waals surface area contributed by atoms with Crippen molar-refractivity contribution >= 4 is 24.3 Å². The van der Waals surface area contributed by atoms with Gasteiger partial charge in [-0.1, -0.05) is 13.8 Å². The lowest BCUT2D eigenvalue weighted by atomic mass is 9.80. The van der Waals surface area contributed by atoms with Crippen molar-refractivity contribution in [2.45, 2.75) is 52.7 Å². The van der Waals surface area contributed by atoms with Crippen LogP contribution in [0.5, 0.6) is 0 Å². The van der Waals surface area contributed by atoms with E-state index in [4.69, 9.17) is 9.31 Å². The lowest BCUT2D eigenvalue weighted by molar-refractivity contribution is -0.118. The summed E-state index contributed by atoms with van der Waals surface area (Å²) in [5.41, 5.74) is 0.0765. The van der Waals surface area contributed by atoms with Gasteiger partial charge < -0.3 is 14.6 Å². The Labute approximate surface area is 126 Å². The third kappa shape index (κ3) is 3.27. The molecule has 0 radical (unpaired) electrons. The average Bonchev–Trinajstić information content (AvgIpc) is 2.58. The quantitative estimate of drug-likeness (QED) is 0.865. The molecule has 0 bridgehead atoms. The Bertz CT molecular complexity index is 527. The van der Waals surface area contributed by atoms with Crippen LogP contribution in [0.1, 0.15) is 41.5 Å². The van der Waals surface area contributed by atoms with Crippen LogP contribution < -0.4 is 10.8 Å². The molecule has 1 aromatic heterocycles. The molecule has 1 aliphatic rings. The molecule has 114 valence electrons. The molecule has 0 aromatic carbocycles. The second-order valence-corrected chi connectivity index (χ2v) is 6.71. The van der Waals surface area contributed by atoms with E-state index in [1.165, 1.54) is 0 Å². The van der Waals surface area contributed by atoms with Crippen LogP contribution >= 0.6 is 0 Å². The van der Waals surface area contributed by atoms with Crippen molar-refractivity contribution in [3.8, 4) is 0 Å². The fourth-order valence-corrected chi connectivity index (χ4v) is 1.91. The molecular formula is C15H23BN2O3. The number of rotatable bonds is 3. The summed E-state index contributed by atoms with van der Waals surface area (Å²) < 4.78 is 12.0. The third-order valence-electron chi connectivity index (χ3n) is 4.09. The standard InChI is InChI=1S/C15H23BN2O3/c1-10(2)13(19)18-12-9-11(7-8-17-12)16-20-14(3,4)15(5,6)21-16/h7-10H,1-6H3,(H,17,18,19). The Morgan fingerprint density at radius 1 is 1.24 bits per heavy atom. The summed E-state index contributed by atoms with van der Waals surface area (Å²) >= 11 is 0. The Balaban J connectivity index is 2.18. The fraction of sp³-hybridized carbons (Fsp3) is 0.600. The van der Waals surface area contributed by atoms with Gasteiger partial charge in [-0.2, -0.15) is 0 Å². The van der Waals surface area contributed by atoms with Crippen LogP contribution in [0, 0.1) is 5.92 Å². The van der Waals surface area contributed by atoms with Gasteiger partial charge in [0.25, 0.3) is 0 Å². The highest BCUT2D eigenvalue weighted by molar-refractivity contribution is 6.62. The molecule has 0 aliphatic carbocycles. The minimum atomic E-state index is -0.451. The van der Waals surface area contributed by atoms with Crippen molar-refractivity contribution in [1.29, 1.82) is 0 Å². The van der Waals surface area contributed by atoms with Crippen molar-refractivity contribution in [3.63, 3.8) is 0 Å². The number of anilines is 1. The first kappa shape index (κ1) is 16.0. The molecule has 1 aliphatic heterocycles. The van der Waals surface area contributed by atoms with Gasteiger partial charge in [0.15, 0.2) is 0 Å². The number of nitrogens with zero attached hydrogens (tertiary/aromatic N) is 1. The largest absolute Gasteiger partial charge is 0.495 e. The van der Waals surface area contributed by atoms with Crippen molar-refractivity contribution in [3.05, 3.63) is 18.3 Å². The molecule has 1 saturated heterocycles. The molecule has 0 saturated carbocycles. The minimum Gasteiger partial charge on any atom is -0.399 e. The maximum Gasteiger partial charge on any atom is 0.495 e. The monoisotopic (exact) mass is 290 g/mol. The van der Waals surface area contributed by atoms with Gasteiger partial charge in [0.05, 0.1) is 11.2 Å². The van der Waals surface area contributed by atoms with Crippen LogP contribution in [-0.2, 0) is 14.1 Å². The third-order valence-corrected chi connectivity index (χ3v) is 4.09. The van der Waals surface area contributed by atoms with E-state index in [0.717, 1.165) is 5.46 Å². The van der Waals surface area contributed by atoms with Gasteiger partial charge in [-0.05, 0) is 45.3 Å². The fourth-order valence-electron chi connectivity index (χ4n) is 1.91. The van der Waals surface area contributed by atoms with Crippen molar-refractivity contribution < 1.29 is 14.1 Å². The SMILES string of the molecule is CC(C)C(=O)Nc1cc(B2OC(C)(C)C(C)(C)O2)ccn1. The van der Waals surface area contributed by atoms with Crippen LogP contribution in [-0.4, -0.2) is 29.2 Å². The van der Waals surface area contributed by atoms with E-state index in [1.54, 1.807) is 12.3 Å². The van der Waals surface area contributed by atoms with E-state index in [0.29, 0.717) is 5.82 Å². The summed E-state index contributed by atoms with van der Waals surface area (Å²) in [6.45, 7) is 11.7. The second kappa shape index (κ2) is 5.42. The molecule has 1 N–H and O–H groups in total. The number of carbonyl (C=O) groups is 1. The van der Waals surface area contributed by atoms with E-state index >= 15 is 0 Å². The summed E-state index contributed by atoms with van der Waals surface area (Å²) in [7, 11) is -0.451. The molecule has 2 rings (SSSR count). The summed E-state index contributed by atoms with van der Waals surface area (Å²) in [5.74, 6) is 0.363. The number of aromatic nitrogens is 1. The van der Waals surface area contributed by atoms with Crippen LogP contribution in [0.2, 0.25) is 0 Å². The van der Waals surface area contributed by atoms with E-state index in [1.807, 2.05) is 47.6 Å². The van der Waals surface area contributed by atoms with Gasteiger partial charge in [-0.25, -0.2) is 4.98 Å². The first-order chi connectivity index (χ1) is 9.62. The number of hydrogen-bond acceptors (Lipinski definition) is 4. The number of pyridine rings is 1. The summed E-state index contributed by atoms with van der Waals surface area (Å²) in [6, 6.07) is 3.63. The lowest BCUT2D eigenvalue weighted by Gasteiger charge is -2.32. The highest BCUT2D eigenvalue weighted by Crippen LogP contribution is 2.36. The number of hydrogen-bond donors (Lipinski definition) is 1. The van der Waals surface area contributed by atoms with Gasteiger partial charge in [0, 0.05) is 12.1 Å². The molecule has 0 unspecified atom stereocenters. The van der Waals surface area contributed by atoms with Crippen molar-refractivity contribution in [1.82, 2.24) is 4.98 Å². The molecule has 6 heteroatoms. The molecule has 2 heterocycles. The molecule has 1 amide bonds. The van der Waals surface area contributed by atoms with Gasteiger partial charge in [0.1, 0.15) is 5.82 Å². The normalized spacial score (nSPS) is 19.9. The van der Waals surface area contributed by atoms with Gasteiger partial charge >= 0.3 is 7.12 Å². The topological polar surface area (TPSA) is 60.5 Å². The molecule has 1 aromatic rings. The van der Waals surface area contributed by atoms with Gasteiger partial charge in [0.2, 0.25) is 5.91 Å². The Morgan fingerprint density at radius 3 is 2.33 bits per heavy atom. The Kier molecular flexibility index (Phi) is 4.13. The van der Waals surface area contributed by atoms with Crippen LogP contribution in [0.3, 0.4) is 0 Å². The predicted molar refractivity (Wildman–Crippen MR) is 83.4 cm³/mol. The van der Waals surface area contributed by atoms with Crippen LogP contribution in [0.15, 0.2) is 18.3 Å². The van der Waals surface area contributed by atoms with E-state index < -0.39 is 7.12 Å². The first-order valence-electron chi connectivity index (χ1n) is 7.25. The molecule has 21 heavy (non-hydrogen) atoms. The molecule has 0 atom stereocenters. The van der Waals surface area contributed by atoms with Gasteiger partial charge in [-0.3, -0.25) is 4.79 Å². The number of carbonyl (C=O) groups excluding carboxylic acids is 1. The maximum absolute atomic E-state index is 11.7. The van der Waals surface area contributed by atoms with Crippen molar-refractivity contribution in [2.75, 3.05) is 5.32 Å². The van der Waals surface area contributed by atoms with Gasteiger partial charge in [-0.15, -0.1) is 0 Å². The Hall–Kier alpha value is -1.40. The van der Waals surface area contributed by atoms with E-state index in [2.05, 4.69) is 10.3 Å². The molecule has 0 spiro atoms.